The standard InChI is InChI=1S/C26H31N3O2S/c1-19-20(2)29(17-23-15-10-16-31-23)26(27-19)32-18-24(30)28(3)25(21-11-6-4-7-12-21)22-13-8-5-9-14-22/h4-9,11-14,23,25H,10,15-18H2,1-3H3/t23-/m1/s1. The summed E-state index contributed by atoms with van der Waals surface area (Å²) in [4.78, 5) is 19.9. The fraction of sp³-hybridized carbons (Fsp3) is 0.385. The van der Waals surface area contributed by atoms with Gasteiger partial charge in [0.25, 0.3) is 0 Å². The molecule has 168 valence electrons. The van der Waals surface area contributed by atoms with Crippen LogP contribution in [0.4, 0.5) is 0 Å². The highest BCUT2D eigenvalue weighted by Crippen LogP contribution is 2.29. The van der Waals surface area contributed by atoms with Gasteiger partial charge >= 0.3 is 0 Å². The molecule has 0 saturated carbocycles. The number of hydrogen-bond donors (Lipinski definition) is 0. The van der Waals surface area contributed by atoms with Crippen molar-refractivity contribution < 1.29 is 9.53 Å². The number of rotatable bonds is 8. The Hall–Kier alpha value is -2.57. The van der Waals surface area contributed by atoms with E-state index in [-0.39, 0.29) is 18.1 Å². The second-order valence-electron chi connectivity index (χ2n) is 8.33. The van der Waals surface area contributed by atoms with Gasteiger partial charge in [-0.1, -0.05) is 72.4 Å². The van der Waals surface area contributed by atoms with Crippen LogP contribution in [-0.2, 0) is 16.1 Å². The topological polar surface area (TPSA) is 47.4 Å². The van der Waals surface area contributed by atoms with Gasteiger partial charge in [0.05, 0.1) is 30.1 Å². The Morgan fingerprint density at radius 1 is 1.12 bits per heavy atom. The van der Waals surface area contributed by atoms with Crippen LogP contribution >= 0.6 is 11.8 Å². The fourth-order valence-electron chi connectivity index (χ4n) is 4.22. The van der Waals surface area contributed by atoms with E-state index in [1.54, 1.807) is 0 Å². The summed E-state index contributed by atoms with van der Waals surface area (Å²) in [5.74, 6) is 0.420. The maximum atomic E-state index is 13.3. The number of hydrogen-bond acceptors (Lipinski definition) is 4. The third-order valence-electron chi connectivity index (χ3n) is 6.17. The molecule has 4 rings (SSSR count). The summed E-state index contributed by atoms with van der Waals surface area (Å²) in [5, 5.41) is 0.897. The molecule has 2 heterocycles. The number of carbonyl (C=O) groups excluding carboxylic acids is 1. The van der Waals surface area contributed by atoms with Gasteiger partial charge in [0.1, 0.15) is 0 Å². The number of benzene rings is 2. The maximum absolute atomic E-state index is 13.3. The first-order chi connectivity index (χ1) is 15.5. The smallest absolute Gasteiger partial charge is 0.233 e. The molecule has 5 nitrogen and oxygen atoms in total. The third-order valence-corrected chi connectivity index (χ3v) is 7.13. The van der Waals surface area contributed by atoms with Crippen LogP contribution in [0.25, 0.3) is 0 Å². The van der Waals surface area contributed by atoms with Crippen LogP contribution in [0.15, 0.2) is 65.8 Å². The zero-order chi connectivity index (χ0) is 22.5. The highest BCUT2D eigenvalue weighted by molar-refractivity contribution is 7.99. The minimum Gasteiger partial charge on any atom is -0.376 e. The van der Waals surface area contributed by atoms with Crippen LogP contribution in [0.1, 0.15) is 41.4 Å². The van der Waals surface area contributed by atoms with Crippen LogP contribution in [0.3, 0.4) is 0 Å². The minimum atomic E-state index is -0.124. The molecular weight excluding hydrogens is 418 g/mol. The Balaban J connectivity index is 1.50. The minimum absolute atomic E-state index is 0.0784. The molecule has 0 N–H and O–H groups in total. The number of thioether (sulfide) groups is 1. The van der Waals surface area contributed by atoms with E-state index in [2.05, 4.69) is 35.8 Å². The Kier molecular flexibility index (Phi) is 7.33. The highest BCUT2D eigenvalue weighted by Gasteiger charge is 2.25. The van der Waals surface area contributed by atoms with Crippen molar-refractivity contribution in [3.05, 3.63) is 83.2 Å². The molecule has 0 spiro atoms. The average molecular weight is 450 g/mol. The van der Waals surface area contributed by atoms with Crippen molar-refractivity contribution in [3.63, 3.8) is 0 Å². The lowest BCUT2D eigenvalue weighted by molar-refractivity contribution is -0.128. The molecular formula is C26H31N3O2S. The summed E-state index contributed by atoms with van der Waals surface area (Å²) < 4.78 is 8.05. The van der Waals surface area contributed by atoms with E-state index in [1.165, 1.54) is 11.8 Å². The second kappa shape index (κ2) is 10.4. The van der Waals surface area contributed by atoms with Crippen LogP contribution < -0.4 is 0 Å². The van der Waals surface area contributed by atoms with Gasteiger partial charge in [0.15, 0.2) is 5.16 Å². The van der Waals surface area contributed by atoms with Crippen LogP contribution in [0.5, 0.6) is 0 Å². The van der Waals surface area contributed by atoms with Gasteiger partial charge in [-0.3, -0.25) is 4.79 Å². The number of nitrogens with zero attached hydrogens (tertiary/aromatic N) is 3. The molecule has 2 aromatic carbocycles. The normalized spacial score (nSPS) is 15.9. The fourth-order valence-corrected chi connectivity index (χ4v) is 5.25. The lowest BCUT2D eigenvalue weighted by Crippen LogP contribution is -2.33. The molecule has 0 aliphatic carbocycles. The van der Waals surface area contributed by atoms with Gasteiger partial charge < -0.3 is 14.2 Å². The maximum Gasteiger partial charge on any atom is 0.233 e. The average Bonchev–Trinajstić information content (AvgIpc) is 3.43. The van der Waals surface area contributed by atoms with Crippen LogP contribution in [0.2, 0.25) is 0 Å². The summed E-state index contributed by atoms with van der Waals surface area (Å²) in [7, 11) is 1.89. The van der Waals surface area contributed by atoms with E-state index in [1.807, 2.05) is 55.3 Å². The molecule has 1 fully saturated rings. The molecule has 1 aliphatic heterocycles. The van der Waals surface area contributed by atoms with Crippen molar-refractivity contribution in [2.75, 3.05) is 19.4 Å². The molecule has 1 aliphatic rings. The Bertz CT molecular complexity index is 990. The van der Waals surface area contributed by atoms with Crippen molar-refractivity contribution >= 4 is 17.7 Å². The summed E-state index contributed by atoms with van der Waals surface area (Å²) in [5.41, 5.74) is 4.37. The molecule has 0 radical (unpaired) electrons. The number of imidazole rings is 1. The first-order valence-electron chi connectivity index (χ1n) is 11.2. The molecule has 1 saturated heterocycles. The number of aromatic nitrogens is 2. The van der Waals surface area contributed by atoms with Gasteiger partial charge in [-0.2, -0.15) is 0 Å². The Morgan fingerprint density at radius 2 is 1.75 bits per heavy atom. The zero-order valence-corrected chi connectivity index (χ0v) is 19.8. The predicted molar refractivity (Wildman–Crippen MR) is 129 cm³/mol. The molecule has 1 atom stereocenters. The summed E-state index contributed by atoms with van der Waals surface area (Å²) in [6, 6.07) is 20.3. The van der Waals surface area contributed by atoms with Crippen molar-refractivity contribution in [3.8, 4) is 0 Å². The SMILES string of the molecule is Cc1nc(SCC(=O)N(C)C(c2ccccc2)c2ccccc2)n(C[C@H]2CCCO2)c1C. The van der Waals surface area contributed by atoms with Gasteiger partial charge in [0.2, 0.25) is 5.91 Å². The van der Waals surface area contributed by atoms with Crippen molar-refractivity contribution in [1.82, 2.24) is 14.5 Å². The highest BCUT2D eigenvalue weighted by atomic mass is 32.2. The summed E-state index contributed by atoms with van der Waals surface area (Å²) in [6.45, 7) is 5.76. The number of aryl methyl sites for hydroxylation is 1. The molecule has 3 aromatic rings. The molecule has 0 unspecified atom stereocenters. The van der Waals surface area contributed by atoms with E-state index in [4.69, 9.17) is 9.72 Å². The van der Waals surface area contributed by atoms with Gasteiger partial charge in [-0.25, -0.2) is 4.98 Å². The van der Waals surface area contributed by atoms with Crippen LogP contribution in [-0.4, -0.2) is 45.9 Å². The Labute approximate surface area is 194 Å². The van der Waals surface area contributed by atoms with Gasteiger partial charge in [-0.15, -0.1) is 0 Å². The summed E-state index contributed by atoms with van der Waals surface area (Å²) >= 11 is 1.51. The quantitative estimate of drug-likeness (QED) is 0.453. The number of ether oxygens (including phenoxy) is 1. The number of carbonyl (C=O) groups is 1. The first kappa shape index (κ1) is 22.6. The van der Waals surface area contributed by atoms with Crippen molar-refractivity contribution in [1.29, 1.82) is 0 Å². The lowest BCUT2D eigenvalue weighted by Gasteiger charge is -2.29. The van der Waals surface area contributed by atoms with E-state index < -0.39 is 0 Å². The third kappa shape index (κ3) is 5.08. The van der Waals surface area contributed by atoms with Crippen molar-refractivity contribution in [2.45, 2.75) is 50.5 Å². The van der Waals surface area contributed by atoms with E-state index in [0.29, 0.717) is 5.75 Å². The monoisotopic (exact) mass is 449 g/mol. The molecule has 0 bridgehead atoms. The van der Waals surface area contributed by atoms with Gasteiger partial charge in [-0.05, 0) is 37.8 Å². The Morgan fingerprint density at radius 3 is 2.31 bits per heavy atom. The summed E-state index contributed by atoms with van der Waals surface area (Å²) in [6.07, 6.45) is 2.43. The molecule has 1 amide bonds. The second-order valence-corrected chi connectivity index (χ2v) is 9.27. The lowest BCUT2D eigenvalue weighted by atomic mass is 9.97. The number of amides is 1. The predicted octanol–water partition coefficient (Wildman–Crippen LogP) is 5.02. The van der Waals surface area contributed by atoms with E-state index in [9.17, 15) is 4.79 Å². The van der Waals surface area contributed by atoms with Crippen LogP contribution in [0, 0.1) is 13.8 Å². The first-order valence-corrected chi connectivity index (χ1v) is 12.2. The molecule has 32 heavy (non-hydrogen) atoms. The van der Waals surface area contributed by atoms with E-state index >= 15 is 0 Å². The zero-order valence-electron chi connectivity index (χ0n) is 19.0. The van der Waals surface area contributed by atoms with Crippen molar-refractivity contribution in [2.24, 2.45) is 0 Å². The van der Waals surface area contributed by atoms with Gasteiger partial charge in [0, 0.05) is 19.3 Å². The molecule has 6 heteroatoms. The molecule has 1 aromatic heterocycles. The van der Waals surface area contributed by atoms with E-state index in [0.717, 1.165) is 53.7 Å². The largest absolute Gasteiger partial charge is 0.376 e.